The summed E-state index contributed by atoms with van der Waals surface area (Å²) >= 11 is 0. The Labute approximate surface area is 94.1 Å². The van der Waals surface area contributed by atoms with Gasteiger partial charge in [-0.15, -0.1) is 0 Å². The number of benzene rings is 1. The maximum Gasteiger partial charge on any atom is 0.254 e. The molecule has 0 aliphatic rings. The van der Waals surface area contributed by atoms with E-state index in [9.17, 15) is 9.18 Å². The molecule has 0 fully saturated rings. The smallest absolute Gasteiger partial charge is 0.254 e. The van der Waals surface area contributed by atoms with Gasteiger partial charge in [-0.3, -0.25) is 4.79 Å². The Morgan fingerprint density at radius 3 is 2.56 bits per heavy atom. The van der Waals surface area contributed by atoms with Crippen LogP contribution in [-0.4, -0.2) is 23.9 Å². The third-order valence-corrected chi connectivity index (χ3v) is 2.13. The second-order valence-corrected chi connectivity index (χ2v) is 3.39. The van der Waals surface area contributed by atoms with Crippen molar-refractivity contribution in [3.8, 4) is 6.07 Å². The number of hydrogen-bond donors (Lipinski definition) is 0. The highest BCUT2D eigenvalue weighted by molar-refractivity contribution is 5.94. The predicted molar refractivity (Wildman–Crippen MR) is 58.2 cm³/mol. The Morgan fingerprint density at radius 1 is 1.44 bits per heavy atom. The van der Waals surface area contributed by atoms with Gasteiger partial charge in [0.15, 0.2) is 0 Å². The van der Waals surface area contributed by atoms with E-state index in [0.717, 1.165) is 6.42 Å². The van der Waals surface area contributed by atoms with Gasteiger partial charge in [-0.2, -0.15) is 5.26 Å². The second kappa shape index (κ2) is 5.86. The maximum atomic E-state index is 12.7. The standard InChI is InChI=1S/C12H13FN2O/c1-2-8-15(9-7-14)12(16)10-3-5-11(13)6-4-10/h3-6H,2,8-9H2,1H3. The summed E-state index contributed by atoms with van der Waals surface area (Å²) in [4.78, 5) is 13.3. The van der Waals surface area contributed by atoms with E-state index in [4.69, 9.17) is 5.26 Å². The third kappa shape index (κ3) is 3.06. The van der Waals surface area contributed by atoms with Gasteiger partial charge in [0.25, 0.3) is 5.91 Å². The van der Waals surface area contributed by atoms with Gasteiger partial charge in [-0.25, -0.2) is 4.39 Å². The first-order valence-electron chi connectivity index (χ1n) is 5.10. The Kier molecular flexibility index (Phi) is 4.46. The van der Waals surface area contributed by atoms with Gasteiger partial charge in [-0.1, -0.05) is 6.92 Å². The Morgan fingerprint density at radius 2 is 2.06 bits per heavy atom. The quantitative estimate of drug-likeness (QED) is 0.730. The molecule has 1 aromatic carbocycles. The fourth-order valence-corrected chi connectivity index (χ4v) is 1.38. The number of amides is 1. The van der Waals surface area contributed by atoms with Gasteiger partial charge >= 0.3 is 0 Å². The zero-order valence-electron chi connectivity index (χ0n) is 9.11. The lowest BCUT2D eigenvalue weighted by Crippen LogP contribution is -2.32. The molecule has 1 rings (SSSR count). The molecule has 1 amide bonds. The van der Waals surface area contributed by atoms with Crippen LogP contribution in [0.25, 0.3) is 0 Å². The number of carbonyl (C=O) groups is 1. The highest BCUT2D eigenvalue weighted by Gasteiger charge is 2.14. The Bertz CT molecular complexity index is 394. The average molecular weight is 220 g/mol. The van der Waals surface area contributed by atoms with Crippen molar-refractivity contribution < 1.29 is 9.18 Å². The zero-order valence-corrected chi connectivity index (χ0v) is 9.11. The molecule has 0 radical (unpaired) electrons. The van der Waals surface area contributed by atoms with E-state index >= 15 is 0 Å². The van der Waals surface area contributed by atoms with Crippen molar-refractivity contribution in [3.05, 3.63) is 35.6 Å². The van der Waals surface area contributed by atoms with E-state index in [0.29, 0.717) is 12.1 Å². The van der Waals surface area contributed by atoms with Gasteiger partial charge in [0.05, 0.1) is 6.07 Å². The molecule has 0 aliphatic carbocycles. The number of nitriles is 1. The fourth-order valence-electron chi connectivity index (χ4n) is 1.38. The lowest BCUT2D eigenvalue weighted by molar-refractivity contribution is 0.0776. The van der Waals surface area contributed by atoms with Crippen molar-refractivity contribution in [2.75, 3.05) is 13.1 Å². The normalized spacial score (nSPS) is 9.56. The summed E-state index contributed by atoms with van der Waals surface area (Å²) in [7, 11) is 0. The van der Waals surface area contributed by atoms with Gasteiger partial charge in [-0.05, 0) is 30.7 Å². The lowest BCUT2D eigenvalue weighted by atomic mass is 10.2. The van der Waals surface area contributed by atoms with Gasteiger partial charge in [0.2, 0.25) is 0 Å². The predicted octanol–water partition coefficient (Wildman–Crippen LogP) is 2.20. The molecule has 0 atom stereocenters. The number of rotatable bonds is 4. The molecule has 4 heteroatoms. The first-order valence-corrected chi connectivity index (χ1v) is 5.10. The summed E-state index contributed by atoms with van der Waals surface area (Å²) in [6.45, 7) is 2.52. The minimum Gasteiger partial charge on any atom is -0.325 e. The monoisotopic (exact) mass is 220 g/mol. The summed E-state index contributed by atoms with van der Waals surface area (Å²) in [5, 5.41) is 8.60. The summed E-state index contributed by atoms with van der Waals surface area (Å²) in [6.07, 6.45) is 0.786. The molecular weight excluding hydrogens is 207 g/mol. The van der Waals surface area contributed by atoms with E-state index in [-0.39, 0.29) is 18.3 Å². The van der Waals surface area contributed by atoms with Crippen molar-refractivity contribution in [1.29, 1.82) is 5.26 Å². The van der Waals surface area contributed by atoms with Crippen LogP contribution in [0.15, 0.2) is 24.3 Å². The van der Waals surface area contributed by atoms with Gasteiger partial charge < -0.3 is 4.90 Å². The third-order valence-electron chi connectivity index (χ3n) is 2.13. The molecule has 0 spiro atoms. The first kappa shape index (κ1) is 12.2. The highest BCUT2D eigenvalue weighted by atomic mass is 19.1. The molecule has 16 heavy (non-hydrogen) atoms. The molecule has 3 nitrogen and oxygen atoms in total. The SMILES string of the molecule is CCCN(CC#N)C(=O)c1ccc(F)cc1. The van der Waals surface area contributed by atoms with Crippen LogP contribution in [0.4, 0.5) is 4.39 Å². The van der Waals surface area contributed by atoms with E-state index < -0.39 is 0 Å². The van der Waals surface area contributed by atoms with E-state index in [1.807, 2.05) is 13.0 Å². The molecule has 0 aliphatic heterocycles. The second-order valence-electron chi connectivity index (χ2n) is 3.39. The summed E-state index contributed by atoms with van der Waals surface area (Å²) in [6, 6.07) is 7.28. The lowest BCUT2D eigenvalue weighted by Gasteiger charge is -2.18. The average Bonchev–Trinajstić information content (AvgIpc) is 2.29. The van der Waals surface area contributed by atoms with Gasteiger partial charge in [0, 0.05) is 12.1 Å². The van der Waals surface area contributed by atoms with Crippen molar-refractivity contribution in [1.82, 2.24) is 4.90 Å². The topological polar surface area (TPSA) is 44.1 Å². The number of nitrogens with zero attached hydrogens (tertiary/aromatic N) is 2. The molecule has 84 valence electrons. The minimum absolute atomic E-state index is 0.0596. The van der Waals surface area contributed by atoms with E-state index in [2.05, 4.69) is 0 Å². The molecule has 0 aromatic heterocycles. The van der Waals surface area contributed by atoms with Crippen LogP contribution in [0.3, 0.4) is 0 Å². The van der Waals surface area contributed by atoms with Crippen molar-refractivity contribution in [2.45, 2.75) is 13.3 Å². The summed E-state index contributed by atoms with van der Waals surface area (Å²) in [5.41, 5.74) is 0.408. The van der Waals surface area contributed by atoms with Crippen LogP contribution >= 0.6 is 0 Å². The molecular formula is C12H13FN2O. The molecule has 0 saturated heterocycles. The van der Waals surface area contributed by atoms with E-state index in [1.54, 1.807) is 0 Å². The fraction of sp³-hybridized carbons (Fsp3) is 0.333. The van der Waals surface area contributed by atoms with E-state index in [1.165, 1.54) is 29.2 Å². The van der Waals surface area contributed by atoms with Crippen LogP contribution in [0, 0.1) is 17.1 Å². The van der Waals surface area contributed by atoms with Crippen LogP contribution in [0.5, 0.6) is 0 Å². The summed E-state index contributed by atoms with van der Waals surface area (Å²) < 4.78 is 12.7. The molecule has 0 heterocycles. The minimum atomic E-state index is -0.376. The zero-order chi connectivity index (χ0) is 12.0. The van der Waals surface area contributed by atoms with Crippen LogP contribution < -0.4 is 0 Å². The highest BCUT2D eigenvalue weighted by Crippen LogP contribution is 2.07. The van der Waals surface area contributed by atoms with Crippen molar-refractivity contribution in [2.24, 2.45) is 0 Å². The Hall–Kier alpha value is -1.89. The molecule has 0 bridgehead atoms. The number of halogens is 1. The number of hydrogen-bond acceptors (Lipinski definition) is 2. The Balaban J connectivity index is 2.82. The summed E-state index contributed by atoms with van der Waals surface area (Å²) in [5.74, 6) is -0.609. The molecule has 0 N–H and O–H groups in total. The first-order chi connectivity index (χ1) is 7.69. The molecule has 1 aromatic rings. The maximum absolute atomic E-state index is 12.7. The largest absolute Gasteiger partial charge is 0.325 e. The van der Waals surface area contributed by atoms with Crippen molar-refractivity contribution in [3.63, 3.8) is 0 Å². The van der Waals surface area contributed by atoms with Crippen LogP contribution in [0.1, 0.15) is 23.7 Å². The number of carbonyl (C=O) groups excluding carboxylic acids is 1. The van der Waals surface area contributed by atoms with Crippen LogP contribution in [-0.2, 0) is 0 Å². The van der Waals surface area contributed by atoms with Gasteiger partial charge in [0.1, 0.15) is 12.4 Å². The molecule has 0 saturated carbocycles. The van der Waals surface area contributed by atoms with Crippen molar-refractivity contribution >= 4 is 5.91 Å². The van der Waals surface area contributed by atoms with Crippen LogP contribution in [0.2, 0.25) is 0 Å². The molecule has 0 unspecified atom stereocenters.